The Balaban J connectivity index is 1.84. The van der Waals surface area contributed by atoms with Crippen LogP contribution >= 0.6 is 0 Å². The molecule has 0 bridgehead atoms. The van der Waals surface area contributed by atoms with Gasteiger partial charge >= 0.3 is 0 Å². The van der Waals surface area contributed by atoms with Crippen molar-refractivity contribution in [1.29, 1.82) is 0 Å². The Bertz CT molecular complexity index is 611. The molecule has 0 aliphatic heterocycles. The summed E-state index contributed by atoms with van der Waals surface area (Å²) < 4.78 is 0. The highest BCUT2D eigenvalue weighted by Crippen LogP contribution is 2.36. The van der Waals surface area contributed by atoms with Crippen molar-refractivity contribution in [3.8, 4) is 0 Å². The molecule has 1 aromatic heterocycles. The molecule has 0 saturated carbocycles. The lowest BCUT2D eigenvalue weighted by molar-refractivity contribution is 0.158. The molecule has 0 radical (unpaired) electrons. The van der Waals surface area contributed by atoms with Gasteiger partial charge in [0.15, 0.2) is 0 Å². The minimum Gasteiger partial charge on any atom is -0.394 e. The zero-order chi connectivity index (χ0) is 14.0. The largest absolute Gasteiger partial charge is 0.394 e. The molecule has 0 saturated heterocycles. The molecule has 1 aromatic carbocycles. The summed E-state index contributed by atoms with van der Waals surface area (Å²) in [5, 5.41) is 13.5. The maximum absolute atomic E-state index is 9.93. The summed E-state index contributed by atoms with van der Waals surface area (Å²) in [4.78, 5) is 4.31. The summed E-state index contributed by atoms with van der Waals surface area (Å²) in [6.07, 6.45) is 3.78. The second-order valence-corrected chi connectivity index (χ2v) is 5.50. The molecule has 104 valence electrons. The molecule has 3 rings (SSSR count). The van der Waals surface area contributed by atoms with Crippen molar-refractivity contribution < 1.29 is 5.11 Å². The predicted molar refractivity (Wildman–Crippen MR) is 79.3 cm³/mol. The molecule has 2 N–H and O–H groups in total. The molecule has 2 aromatic rings. The highest BCUT2D eigenvalue weighted by molar-refractivity contribution is 5.39. The first-order valence-corrected chi connectivity index (χ1v) is 7.10. The first-order chi connectivity index (χ1) is 9.75. The Morgan fingerprint density at radius 3 is 2.90 bits per heavy atom. The fraction of sp³-hybridized carbons (Fsp3) is 0.353. The topological polar surface area (TPSA) is 45.2 Å². The second kappa shape index (κ2) is 5.35. The summed E-state index contributed by atoms with van der Waals surface area (Å²) in [6.45, 7) is 2.88. The van der Waals surface area contributed by atoms with Crippen LogP contribution in [0.3, 0.4) is 0 Å². The second-order valence-electron chi connectivity index (χ2n) is 5.50. The lowest BCUT2D eigenvalue weighted by atomic mass is 9.92. The van der Waals surface area contributed by atoms with E-state index in [2.05, 4.69) is 34.6 Å². The molecular formula is C17H20N2O. The van der Waals surface area contributed by atoms with Crippen molar-refractivity contribution >= 4 is 0 Å². The first-order valence-electron chi connectivity index (χ1n) is 7.10. The average molecular weight is 268 g/mol. The highest BCUT2D eigenvalue weighted by Gasteiger charge is 2.37. The number of aryl methyl sites for hydroxylation is 2. The average Bonchev–Trinajstić information content (AvgIpc) is 2.86. The van der Waals surface area contributed by atoms with Gasteiger partial charge in [-0.25, -0.2) is 0 Å². The Morgan fingerprint density at radius 2 is 2.10 bits per heavy atom. The van der Waals surface area contributed by atoms with Gasteiger partial charge in [0.1, 0.15) is 0 Å². The van der Waals surface area contributed by atoms with Crippen LogP contribution in [0, 0.1) is 6.92 Å². The normalized spacial score (nSPS) is 20.9. The van der Waals surface area contributed by atoms with Crippen LogP contribution in [-0.4, -0.2) is 16.7 Å². The van der Waals surface area contributed by atoms with Crippen LogP contribution in [0.4, 0.5) is 0 Å². The van der Waals surface area contributed by atoms with Crippen LogP contribution < -0.4 is 5.32 Å². The number of hydrogen-bond acceptors (Lipinski definition) is 3. The third-order valence-electron chi connectivity index (χ3n) is 4.36. The summed E-state index contributed by atoms with van der Waals surface area (Å²) in [5.41, 5.74) is 4.50. The third kappa shape index (κ3) is 2.23. The van der Waals surface area contributed by atoms with E-state index in [-0.39, 0.29) is 12.1 Å². The molecule has 1 aliphatic rings. The van der Waals surface area contributed by atoms with E-state index < -0.39 is 0 Å². The molecule has 3 nitrogen and oxygen atoms in total. The SMILES string of the molecule is Cc1ncccc1CNC1(CO)CCc2ccccc21. The molecule has 0 amide bonds. The predicted octanol–water partition coefficient (Wildman–Crippen LogP) is 2.31. The molecule has 1 aliphatic carbocycles. The lowest BCUT2D eigenvalue weighted by Crippen LogP contribution is -2.43. The van der Waals surface area contributed by atoms with Gasteiger partial charge in [0.25, 0.3) is 0 Å². The quantitative estimate of drug-likeness (QED) is 0.894. The molecule has 1 heterocycles. The fourth-order valence-electron chi connectivity index (χ4n) is 3.06. The van der Waals surface area contributed by atoms with Crippen LogP contribution in [0.2, 0.25) is 0 Å². The van der Waals surface area contributed by atoms with E-state index in [0.717, 1.165) is 25.1 Å². The highest BCUT2D eigenvalue weighted by atomic mass is 16.3. The third-order valence-corrected chi connectivity index (χ3v) is 4.36. The van der Waals surface area contributed by atoms with Crippen molar-refractivity contribution in [1.82, 2.24) is 10.3 Å². The van der Waals surface area contributed by atoms with Crippen molar-refractivity contribution in [3.05, 3.63) is 65.0 Å². The van der Waals surface area contributed by atoms with Crippen molar-refractivity contribution in [2.75, 3.05) is 6.61 Å². The van der Waals surface area contributed by atoms with Crippen LogP contribution in [0.15, 0.2) is 42.6 Å². The number of nitrogens with zero attached hydrogens (tertiary/aromatic N) is 1. The maximum Gasteiger partial charge on any atom is 0.0677 e. The zero-order valence-corrected chi connectivity index (χ0v) is 11.8. The summed E-state index contributed by atoms with van der Waals surface area (Å²) >= 11 is 0. The number of aromatic nitrogens is 1. The van der Waals surface area contributed by atoms with Gasteiger partial charge < -0.3 is 10.4 Å². The van der Waals surface area contributed by atoms with Crippen molar-refractivity contribution in [3.63, 3.8) is 0 Å². The summed E-state index contributed by atoms with van der Waals surface area (Å²) in [6, 6.07) is 12.4. The standard InChI is InChI=1S/C17H20N2O/c1-13-15(6-4-10-18-13)11-19-17(12-20)9-8-14-5-2-3-7-16(14)17/h2-7,10,19-20H,8-9,11-12H2,1H3. The zero-order valence-electron chi connectivity index (χ0n) is 11.8. The van der Waals surface area contributed by atoms with E-state index in [1.165, 1.54) is 16.7 Å². The van der Waals surface area contributed by atoms with Gasteiger partial charge in [-0.15, -0.1) is 0 Å². The Labute approximate surface area is 119 Å². The van der Waals surface area contributed by atoms with E-state index in [1.54, 1.807) is 0 Å². The lowest BCUT2D eigenvalue weighted by Gasteiger charge is -2.30. The Hall–Kier alpha value is -1.71. The molecular weight excluding hydrogens is 248 g/mol. The minimum atomic E-state index is -0.307. The fourth-order valence-corrected chi connectivity index (χ4v) is 3.06. The van der Waals surface area contributed by atoms with Gasteiger partial charge in [-0.3, -0.25) is 4.98 Å². The number of rotatable bonds is 4. The minimum absolute atomic E-state index is 0.128. The number of hydrogen-bond donors (Lipinski definition) is 2. The van der Waals surface area contributed by atoms with Crippen LogP contribution in [-0.2, 0) is 18.5 Å². The summed E-state index contributed by atoms with van der Waals surface area (Å²) in [5.74, 6) is 0. The number of aliphatic hydroxyl groups excluding tert-OH is 1. The molecule has 1 atom stereocenters. The molecule has 0 fully saturated rings. The smallest absolute Gasteiger partial charge is 0.0677 e. The van der Waals surface area contributed by atoms with Gasteiger partial charge in [-0.1, -0.05) is 30.3 Å². The van der Waals surface area contributed by atoms with Gasteiger partial charge in [-0.2, -0.15) is 0 Å². The number of fused-ring (bicyclic) bond motifs is 1. The van der Waals surface area contributed by atoms with Gasteiger partial charge in [-0.05, 0) is 42.5 Å². The monoisotopic (exact) mass is 268 g/mol. The number of aliphatic hydroxyl groups is 1. The first kappa shape index (κ1) is 13.3. The van der Waals surface area contributed by atoms with Crippen molar-refractivity contribution in [2.45, 2.75) is 31.8 Å². The van der Waals surface area contributed by atoms with E-state index in [0.29, 0.717) is 0 Å². The van der Waals surface area contributed by atoms with Crippen molar-refractivity contribution in [2.24, 2.45) is 0 Å². The van der Waals surface area contributed by atoms with Gasteiger partial charge in [0.2, 0.25) is 0 Å². The number of nitrogens with one attached hydrogen (secondary N) is 1. The van der Waals surface area contributed by atoms with Gasteiger partial charge in [0, 0.05) is 18.4 Å². The molecule has 3 heteroatoms. The van der Waals surface area contributed by atoms with Crippen LogP contribution in [0.25, 0.3) is 0 Å². The van der Waals surface area contributed by atoms with E-state index in [9.17, 15) is 5.11 Å². The van der Waals surface area contributed by atoms with Crippen LogP contribution in [0.1, 0.15) is 28.8 Å². The molecule has 20 heavy (non-hydrogen) atoms. The molecule has 1 unspecified atom stereocenters. The Morgan fingerprint density at radius 1 is 1.25 bits per heavy atom. The Kier molecular flexibility index (Phi) is 3.55. The maximum atomic E-state index is 9.93. The van der Waals surface area contributed by atoms with Crippen LogP contribution in [0.5, 0.6) is 0 Å². The van der Waals surface area contributed by atoms with E-state index >= 15 is 0 Å². The van der Waals surface area contributed by atoms with E-state index in [1.807, 2.05) is 25.3 Å². The summed E-state index contributed by atoms with van der Waals surface area (Å²) in [7, 11) is 0. The molecule has 0 spiro atoms. The van der Waals surface area contributed by atoms with E-state index in [4.69, 9.17) is 0 Å². The number of pyridine rings is 1. The van der Waals surface area contributed by atoms with Gasteiger partial charge in [0.05, 0.1) is 12.1 Å². The number of benzene rings is 1.